The molecule has 3 rings (SSSR count). The van der Waals surface area contributed by atoms with Gasteiger partial charge < -0.3 is 9.31 Å². The Labute approximate surface area is 156 Å². The molecule has 2 aromatic carbocycles. The lowest BCUT2D eigenvalue weighted by Gasteiger charge is -2.32. The van der Waals surface area contributed by atoms with Crippen LogP contribution in [0.5, 0.6) is 0 Å². The van der Waals surface area contributed by atoms with Crippen molar-refractivity contribution >= 4 is 18.2 Å². The minimum absolute atomic E-state index is 0.203. The Morgan fingerprint density at radius 3 is 2.00 bits per heavy atom. The molecular weight excluding hydrogens is 326 g/mol. The molecule has 2 aromatic rings. The SMILES string of the molecule is C=C(CCc1ccc(F)cc1)c1ccc(B2OC(C)(C)C(C)(C)O2)cc1. The van der Waals surface area contributed by atoms with Gasteiger partial charge in [0.1, 0.15) is 5.82 Å². The zero-order valence-electron chi connectivity index (χ0n) is 16.0. The third-order valence-electron chi connectivity index (χ3n) is 5.47. The maximum Gasteiger partial charge on any atom is 0.494 e. The van der Waals surface area contributed by atoms with E-state index >= 15 is 0 Å². The van der Waals surface area contributed by atoms with Crippen molar-refractivity contribution in [3.8, 4) is 0 Å². The van der Waals surface area contributed by atoms with E-state index in [0.717, 1.165) is 35.0 Å². The Kier molecular flexibility index (Phi) is 5.09. The number of aryl methyl sites for hydroxylation is 1. The van der Waals surface area contributed by atoms with Crippen LogP contribution in [-0.2, 0) is 15.7 Å². The van der Waals surface area contributed by atoms with Gasteiger partial charge in [-0.2, -0.15) is 0 Å². The molecule has 0 spiro atoms. The van der Waals surface area contributed by atoms with E-state index in [1.165, 1.54) is 12.1 Å². The number of hydrogen-bond acceptors (Lipinski definition) is 2. The maximum absolute atomic E-state index is 13.0. The van der Waals surface area contributed by atoms with Gasteiger partial charge in [0.25, 0.3) is 0 Å². The quantitative estimate of drug-likeness (QED) is 0.722. The Bertz CT molecular complexity index is 763. The van der Waals surface area contributed by atoms with Crippen molar-refractivity contribution in [1.82, 2.24) is 0 Å². The fourth-order valence-corrected chi connectivity index (χ4v) is 2.95. The van der Waals surface area contributed by atoms with Gasteiger partial charge in [-0.15, -0.1) is 0 Å². The lowest BCUT2D eigenvalue weighted by molar-refractivity contribution is 0.00578. The van der Waals surface area contributed by atoms with Crippen LogP contribution < -0.4 is 5.46 Å². The van der Waals surface area contributed by atoms with Gasteiger partial charge in [-0.1, -0.05) is 43.0 Å². The van der Waals surface area contributed by atoms with Crippen LogP contribution in [0.15, 0.2) is 55.1 Å². The molecule has 0 radical (unpaired) electrons. The van der Waals surface area contributed by atoms with Gasteiger partial charge in [0.15, 0.2) is 0 Å². The van der Waals surface area contributed by atoms with Crippen molar-refractivity contribution in [3.05, 3.63) is 72.1 Å². The van der Waals surface area contributed by atoms with Gasteiger partial charge in [0.2, 0.25) is 0 Å². The minimum atomic E-state index is -0.346. The zero-order valence-corrected chi connectivity index (χ0v) is 16.0. The number of halogens is 1. The first-order chi connectivity index (χ1) is 12.2. The van der Waals surface area contributed by atoms with Gasteiger partial charge in [0.05, 0.1) is 11.2 Å². The molecule has 0 N–H and O–H groups in total. The van der Waals surface area contributed by atoms with Crippen molar-refractivity contribution in [2.75, 3.05) is 0 Å². The summed E-state index contributed by atoms with van der Waals surface area (Å²) in [5.74, 6) is -0.203. The average Bonchev–Trinajstić information content (AvgIpc) is 2.82. The summed E-state index contributed by atoms with van der Waals surface area (Å²) >= 11 is 0. The van der Waals surface area contributed by atoms with Crippen LogP contribution in [0.25, 0.3) is 5.57 Å². The van der Waals surface area contributed by atoms with Crippen LogP contribution in [0, 0.1) is 5.82 Å². The van der Waals surface area contributed by atoms with Gasteiger partial charge in [-0.25, -0.2) is 4.39 Å². The summed E-state index contributed by atoms with van der Waals surface area (Å²) in [5.41, 5.74) is 3.62. The second-order valence-electron chi connectivity index (χ2n) is 7.94. The van der Waals surface area contributed by atoms with E-state index < -0.39 is 0 Å². The van der Waals surface area contributed by atoms with Crippen LogP contribution in [0.2, 0.25) is 0 Å². The van der Waals surface area contributed by atoms with Crippen molar-refractivity contribution in [2.45, 2.75) is 51.7 Å². The summed E-state index contributed by atoms with van der Waals surface area (Å²) in [6.45, 7) is 12.4. The van der Waals surface area contributed by atoms with Gasteiger partial charge in [0, 0.05) is 0 Å². The van der Waals surface area contributed by atoms with Crippen molar-refractivity contribution in [2.24, 2.45) is 0 Å². The summed E-state index contributed by atoms with van der Waals surface area (Å²) in [6, 6.07) is 14.9. The van der Waals surface area contributed by atoms with Crippen LogP contribution in [0.1, 0.15) is 45.2 Å². The Morgan fingerprint density at radius 1 is 0.923 bits per heavy atom. The third-order valence-corrected chi connectivity index (χ3v) is 5.47. The van der Waals surface area contributed by atoms with E-state index in [-0.39, 0.29) is 24.1 Å². The molecule has 1 heterocycles. The molecule has 136 valence electrons. The standard InChI is InChI=1S/C22H26BFO2/c1-16(6-7-17-8-14-20(24)15-9-17)18-10-12-19(13-11-18)23-25-21(2,3)22(4,5)26-23/h8-15H,1,6-7H2,2-5H3. The molecule has 26 heavy (non-hydrogen) atoms. The molecule has 1 saturated heterocycles. The molecule has 0 aromatic heterocycles. The van der Waals surface area contributed by atoms with Gasteiger partial charge >= 0.3 is 7.12 Å². The fourth-order valence-electron chi connectivity index (χ4n) is 2.95. The molecule has 0 amide bonds. The van der Waals surface area contributed by atoms with Crippen molar-refractivity contribution in [3.63, 3.8) is 0 Å². The number of hydrogen-bond donors (Lipinski definition) is 0. The zero-order chi connectivity index (χ0) is 18.9. The maximum atomic E-state index is 13.0. The first-order valence-electron chi connectivity index (χ1n) is 9.06. The lowest BCUT2D eigenvalue weighted by atomic mass is 9.78. The number of allylic oxidation sites excluding steroid dienone is 1. The van der Waals surface area contributed by atoms with E-state index in [4.69, 9.17) is 9.31 Å². The molecular formula is C22H26BFO2. The molecule has 0 unspecified atom stereocenters. The van der Waals surface area contributed by atoms with Gasteiger partial charge in [-0.3, -0.25) is 0 Å². The van der Waals surface area contributed by atoms with Gasteiger partial charge in [-0.05, 0) is 74.8 Å². The Balaban J connectivity index is 1.62. The molecule has 0 atom stereocenters. The first kappa shape index (κ1) is 18.9. The van der Waals surface area contributed by atoms with E-state index in [1.807, 2.05) is 24.3 Å². The summed E-state index contributed by atoms with van der Waals surface area (Å²) in [7, 11) is -0.346. The highest BCUT2D eigenvalue weighted by molar-refractivity contribution is 6.62. The summed E-state index contributed by atoms with van der Waals surface area (Å²) in [5, 5.41) is 0. The lowest BCUT2D eigenvalue weighted by Crippen LogP contribution is -2.41. The topological polar surface area (TPSA) is 18.5 Å². The minimum Gasteiger partial charge on any atom is -0.399 e. The summed E-state index contributed by atoms with van der Waals surface area (Å²) < 4.78 is 25.2. The molecule has 0 saturated carbocycles. The largest absolute Gasteiger partial charge is 0.494 e. The van der Waals surface area contributed by atoms with Crippen LogP contribution in [0.3, 0.4) is 0 Å². The normalized spacial score (nSPS) is 18.1. The number of benzene rings is 2. The predicted octanol–water partition coefficient (Wildman–Crippen LogP) is 4.77. The second kappa shape index (κ2) is 7.01. The van der Waals surface area contributed by atoms with Crippen LogP contribution in [-0.4, -0.2) is 18.3 Å². The smallest absolute Gasteiger partial charge is 0.399 e. The highest BCUT2D eigenvalue weighted by Crippen LogP contribution is 2.36. The molecule has 1 aliphatic heterocycles. The molecule has 1 fully saturated rings. The number of rotatable bonds is 5. The summed E-state index contributed by atoms with van der Waals surface area (Å²) in [4.78, 5) is 0. The van der Waals surface area contributed by atoms with E-state index in [2.05, 4.69) is 46.4 Å². The third kappa shape index (κ3) is 3.92. The molecule has 0 bridgehead atoms. The predicted molar refractivity (Wildman–Crippen MR) is 106 cm³/mol. The monoisotopic (exact) mass is 352 g/mol. The Hall–Kier alpha value is -1.91. The highest BCUT2D eigenvalue weighted by Gasteiger charge is 2.51. The first-order valence-corrected chi connectivity index (χ1v) is 9.06. The van der Waals surface area contributed by atoms with E-state index in [9.17, 15) is 4.39 Å². The van der Waals surface area contributed by atoms with Crippen molar-refractivity contribution in [1.29, 1.82) is 0 Å². The molecule has 0 aliphatic carbocycles. The summed E-state index contributed by atoms with van der Waals surface area (Å²) in [6.07, 6.45) is 1.68. The Morgan fingerprint density at radius 2 is 1.46 bits per heavy atom. The fraction of sp³-hybridized carbons (Fsp3) is 0.364. The molecule has 1 aliphatic rings. The van der Waals surface area contributed by atoms with E-state index in [0.29, 0.717) is 0 Å². The van der Waals surface area contributed by atoms with Crippen LogP contribution >= 0.6 is 0 Å². The molecule has 4 heteroatoms. The second-order valence-corrected chi connectivity index (χ2v) is 7.94. The molecule has 2 nitrogen and oxygen atoms in total. The average molecular weight is 352 g/mol. The van der Waals surface area contributed by atoms with E-state index in [1.54, 1.807) is 0 Å². The van der Waals surface area contributed by atoms with Crippen LogP contribution in [0.4, 0.5) is 4.39 Å². The highest BCUT2D eigenvalue weighted by atomic mass is 19.1. The van der Waals surface area contributed by atoms with Crippen molar-refractivity contribution < 1.29 is 13.7 Å².